The lowest BCUT2D eigenvalue weighted by Crippen LogP contribution is -2.47. The Morgan fingerprint density at radius 1 is 1.29 bits per heavy atom. The predicted molar refractivity (Wildman–Crippen MR) is 60.9 cm³/mol. The molecule has 3 aliphatic carbocycles. The van der Waals surface area contributed by atoms with Crippen LogP contribution in [0, 0.1) is 40.9 Å². The van der Waals surface area contributed by atoms with Gasteiger partial charge in [0.25, 0.3) is 0 Å². The second-order valence-electron chi connectivity index (χ2n) is 5.58. The maximum absolute atomic E-state index is 11.5. The molecule has 3 saturated carbocycles. The quantitative estimate of drug-likeness (QED) is 0.794. The molecule has 0 aromatic heterocycles. The summed E-state index contributed by atoms with van der Waals surface area (Å²) in [6.07, 6.45) is 2.95. The molecule has 0 aromatic rings. The Morgan fingerprint density at radius 3 is 2.47 bits per heavy atom. The number of alkyl carbamates (subject to hydrolysis) is 1. The lowest BCUT2D eigenvalue weighted by Gasteiger charge is -2.35. The van der Waals surface area contributed by atoms with Crippen LogP contribution < -0.4 is 5.32 Å². The highest BCUT2D eigenvalue weighted by atomic mass is 16.5. The minimum absolute atomic E-state index is 0.207. The van der Waals surface area contributed by atoms with Crippen LogP contribution in [0.2, 0.25) is 0 Å². The molecule has 0 aromatic carbocycles. The number of carbonyl (C=O) groups excluding carboxylic acids is 1. The van der Waals surface area contributed by atoms with Gasteiger partial charge < -0.3 is 10.1 Å². The van der Waals surface area contributed by atoms with Gasteiger partial charge in [0.1, 0.15) is 0 Å². The van der Waals surface area contributed by atoms with Crippen LogP contribution in [0.4, 0.5) is 4.79 Å². The van der Waals surface area contributed by atoms with Gasteiger partial charge in [0.05, 0.1) is 12.7 Å². The van der Waals surface area contributed by atoms with Gasteiger partial charge in [-0.2, -0.15) is 5.26 Å². The molecular formula is C13H18N2O2. The average molecular weight is 234 g/mol. The summed E-state index contributed by atoms with van der Waals surface area (Å²) >= 11 is 0. The molecule has 17 heavy (non-hydrogen) atoms. The lowest BCUT2D eigenvalue weighted by molar-refractivity contribution is 0.125. The Kier molecular flexibility index (Phi) is 2.50. The van der Waals surface area contributed by atoms with E-state index < -0.39 is 0 Å². The summed E-state index contributed by atoms with van der Waals surface area (Å²) in [7, 11) is 0. The van der Waals surface area contributed by atoms with E-state index in [4.69, 9.17) is 10.00 Å². The van der Waals surface area contributed by atoms with Crippen LogP contribution in [0.15, 0.2) is 0 Å². The normalized spacial score (nSPS) is 45.6. The van der Waals surface area contributed by atoms with E-state index >= 15 is 0 Å². The van der Waals surface area contributed by atoms with Crippen molar-refractivity contribution in [2.45, 2.75) is 32.2 Å². The van der Waals surface area contributed by atoms with Crippen molar-refractivity contribution in [1.82, 2.24) is 5.32 Å². The van der Waals surface area contributed by atoms with E-state index in [1.165, 1.54) is 6.42 Å². The molecule has 0 radical (unpaired) electrons. The molecule has 0 heterocycles. The standard InChI is InChI=1S/C13H18N2O2/c1-2-17-13(16)15-12-10-3-7(6-14)4-11(12)9-5-8(9)10/h7-12H,2-5H2,1H3,(H,15,16)/t7?,8-,9?,10?,11?,12?/m0/s1. The second kappa shape index (κ2) is 3.90. The molecule has 3 rings (SSSR count). The fraction of sp³-hybridized carbons (Fsp3) is 0.846. The third-order valence-electron chi connectivity index (χ3n) is 4.77. The molecule has 1 amide bonds. The zero-order chi connectivity index (χ0) is 12.0. The molecule has 0 aliphatic heterocycles. The molecule has 6 atom stereocenters. The third kappa shape index (κ3) is 1.69. The van der Waals surface area contributed by atoms with Gasteiger partial charge >= 0.3 is 6.09 Å². The summed E-state index contributed by atoms with van der Waals surface area (Å²) in [5.74, 6) is 2.79. The second-order valence-corrected chi connectivity index (χ2v) is 5.58. The van der Waals surface area contributed by atoms with Crippen LogP contribution >= 0.6 is 0 Å². The van der Waals surface area contributed by atoms with Gasteiger partial charge in [0.15, 0.2) is 0 Å². The number of carbonyl (C=O) groups is 1. The Morgan fingerprint density at radius 2 is 1.94 bits per heavy atom. The number of fused-ring (bicyclic) bond motifs is 5. The molecule has 0 saturated heterocycles. The summed E-state index contributed by atoms with van der Waals surface area (Å²) < 4.78 is 4.96. The largest absolute Gasteiger partial charge is 0.450 e. The van der Waals surface area contributed by atoms with Gasteiger partial charge in [-0.25, -0.2) is 4.79 Å². The Labute approximate surface area is 101 Å². The van der Waals surface area contributed by atoms with Gasteiger partial charge in [-0.3, -0.25) is 0 Å². The summed E-state index contributed by atoms with van der Waals surface area (Å²) in [4.78, 5) is 11.5. The zero-order valence-electron chi connectivity index (χ0n) is 10.1. The van der Waals surface area contributed by atoms with Crippen molar-refractivity contribution in [3.8, 4) is 6.07 Å². The highest BCUT2D eigenvalue weighted by Crippen LogP contribution is 2.64. The molecule has 3 fully saturated rings. The van der Waals surface area contributed by atoms with E-state index in [1.807, 2.05) is 6.92 Å². The third-order valence-corrected chi connectivity index (χ3v) is 4.77. The Hall–Kier alpha value is -1.24. The molecule has 5 unspecified atom stereocenters. The summed E-state index contributed by atoms with van der Waals surface area (Å²) in [6.45, 7) is 2.24. The number of ether oxygens (including phenoxy) is 1. The number of nitriles is 1. The van der Waals surface area contributed by atoms with Crippen LogP contribution in [0.5, 0.6) is 0 Å². The van der Waals surface area contributed by atoms with Crippen LogP contribution in [-0.4, -0.2) is 18.7 Å². The van der Waals surface area contributed by atoms with Crippen molar-refractivity contribution in [1.29, 1.82) is 5.26 Å². The lowest BCUT2D eigenvalue weighted by atomic mass is 9.74. The molecule has 2 bridgehead atoms. The molecule has 4 heteroatoms. The number of rotatable bonds is 2. The maximum atomic E-state index is 11.5. The van der Waals surface area contributed by atoms with E-state index in [-0.39, 0.29) is 18.1 Å². The molecule has 4 nitrogen and oxygen atoms in total. The number of hydrogen-bond acceptors (Lipinski definition) is 3. The van der Waals surface area contributed by atoms with Crippen LogP contribution in [-0.2, 0) is 4.74 Å². The van der Waals surface area contributed by atoms with E-state index in [9.17, 15) is 4.79 Å². The van der Waals surface area contributed by atoms with Gasteiger partial charge in [0, 0.05) is 12.0 Å². The Bertz CT molecular complexity index is 358. The van der Waals surface area contributed by atoms with Crippen molar-refractivity contribution < 1.29 is 9.53 Å². The zero-order valence-corrected chi connectivity index (χ0v) is 10.1. The monoisotopic (exact) mass is 234 g/mol. The summed E-state index contributed by atoms with van der Waals surface area (Å²) in [5.41, 5.74) is 0. The first-order valence-electron chi connectivity index (χ1n) is 6.57. The van der Waals surface area contributed by atoms with Crippen molar-refractivity contribution in [2.24, 2.45) is 29.6 Å². The minimum Gasteiger partial charge on any atom is -0.450 e. The van der Waals surface area contributed by atoms with Gasteiger partial charge in [-0.15, -0.1) is 0 Å². The summed E-state index contributed by atoms with van der Waals surface area (Å²) in [6, 6.07) is 2.67. The number of nitrogens with zero attached hydrogens (tertiary/aromatic N) is 1. The Balaban J connectivity index is 1.68. The highest BCUT2D eigenvalue weighted by Gasteiger charge is 2.62. The van der Waals surface area contributed by atoms with Crippen LogP contribution in [0.25, 0.3) is 0 Å². The minimum atomic E-state index is -0.288. The van der Waals surface area contributed by atoms with Gasteiger partial charge in [-0.1, -0.05) is 0 Å². The van der Waals surface area contributed by atoms with Crippen molar-refractivity contribution >= 4 is 6.09 Å². The van der Waals surface area contributed by atoms with Gasteiger partial charge in [-0.05, 0) is 49.9 Å². The SMILES string of the molecule is CCOC(=O)NC1C2CC(C#N)CC1[C@H]1CC21. The number of amides is 1. The van der Waals surface area contributed by atoms with E-state index in [0.717, 1.165) is 24.7 Å². The predicted octanol–water partition coefficient (Wildman–Crippen LogP) is 1.92. The van der Waals surface area contributed by atoms with E-state index in [0.29, 0.717) is 18.4 Å². The first kappa shape index (κ1) is 10.9. The molecule has 1 N–H and O–H groups in total. The van der Waals surface area contributed by atoms with Crippen LogP contribution in [0.3, 0.4) is 0 Å². The number of hydrogen-bond donors (Lipinski definition) is 1. The highest BCUT2D eigenvalue weighted by molar-refractivity contribution is 5.67. The van der Waals surface area contributed by atoms with E-state index in [1.54, 1.807) is 0 Å². The topological polar surface area (TPSA) is 62.1 Å². The molecule has 92 valence electrons. The van der Waals surface area contributed by atoms with Crippen molar-refractivity contribution in [3.05, 3.63) is 0 Å². The van der Waals surface area contributed by atoms with Crippen molar-refractivity contribution in [2.75, 3.05) is 6.61 Å². The average Bonchev–Trinajstić information content (AvgIpc) is 3.05. The van der Waals surface area contributed by atoms with Crippen molar-refractivity contribution in [3.63, 3.8) is 0 Å². The summed E-state index contributed by atoms with van der Waals surface area (Å²) in [5, 5.41) is 12.1. The fourth-order valence-electron chi connectivity index (χ4n) is 4.09. The smallest absolute Gasteiger partial charge is 0.407 e. The van der Waals surface area contributed by atoms with Gasteiger partial charge in [0.2, 0.25) is 0 Å². The first-order chi connectivity index (χ1) is 8.24. The molecule has 3 aliphatic rings. The van der Waals surface area contributed by atoms with E-state index in [2.05, 4.69) is 11.4 Å². The molecule has 0 spiro atoms. The van der Waals surface area contributed by atoms with Crippen LogP contribution in [0.1, 0.15) is 26.2 Å². The molecular weight excluding hydrogens is 216 g/mol. The fourth-order valence-corrected chi connectivity index (χ4v) is 4.09. The first-order valence-corrected chi connectivity index (χ1v) is 6.57. The number of nitrogens with one attached hydrogen (secondary N) is 1. The maximum Gasteiger partial charge on any atom is 0.407 e.